The van der Waals surface area contributed by atoms with Crippen molar-refractivity contribution in [3.05, 3.63) is 73.1 Å². The number of phenolic OH excluding ortho intramolecular Hbond substituents is 1. The molecule has 4 heteroatoms. The standard InChI is InChI=1S/C20H16N2O2/c1-24-20-12-16(8-10-19(20)23)22-13-21-17-11-15(7-9-18(17)22)14-5-3-2-4-6-14/h2-13,23H,1H3. The molecule has 1 N–H and O–H groups in total. The molecular formula is C20H16N2O2. The Balaban J connectivity index is 1.81. The first-order chi connectivity index (χ1) is 11.8. The monoisotopic (exact) mass is 316 g/mol. The van der Waals surface area contributed by atoms with Crippen LogP contribution in [0.15, 0.2) is 73.1 Å². The van der Waals surface area contributed by atoms with E-state index in [4.69, 9.17) is 4.74 Å². The molecule has 0 fully saturated rings. The average molecular weight is 316 g/mol. The zero-order valence-corrected chi connectivity index (χ0v) is 13.2. The van der Waals surface area contributed by atoms with Crippen molar-refractivity contribution in [1.29, 1.82) is 0 Å². The summed E-state index contributed by atoms with van der Waals surface area (Å²) in [5.41, 5.74) is 5.11. The van der Waals surface area contributed by atoms with Crippen molar-refractivity contribution < 1.29 is 9.84 Å². The maximum Gasteiger partial charge on any atom is 0.162 e. The third kappa shape index (κ3) is 2.38. The molecule has 0 radical (unpaired) electrons. The van der Waals surface area contributed by atoms with Crippen LogP contribution in [0.3, 0.4) is 0 Å². The van der Waals surface area contributed by atoms with Crippen molar-refractivity contribution in [3.8, 4) is 28.3 Å². The Bertz CT molecular complexity index is 1010. The number of fused-ring (bicyclic) bond motifs is 1. The number of nitrogens with zero attached hydrogens (tertiary/aromatic N) is 2. The first-order valence-electron chi connectivity index (χ1n) is 7.66. The fourth-order valence-electron chi connectivity index (χ4n) is 2.84. The number of phenols is 1. The number of aromatic nitrogens is 2. The number of methoxy groups -OCH3 is 1. The zero-order valence-electron chi connectivity index (χ0n) is 13.2. The number of benzene rings is 3. The molecule has 1 aromatic heterocycles. The van der Waals surface area contributed by atoms with Crippen molar-refractivity contribution in [2.75, 3.05) is 7.11 Å². The molecule has 4 rings (SSSR count). The predicted octanol–water partition coefficient (Wildman–Crippen LogP) is 4.41. The van der Waals surface area contributed by atoms with Crippen LogP contribution in [-0.2, 0) is 0 Å². The van der Waals surface area contributed by atoms with Gasteiger partial charge in [0.1, 0.15) is 6.33 Å². The highest BCUT2D eigenvalue weighted by atomic mass is 16.5. The van der Waals surface area contributed by atoms with Gasteiger partial charge in [0.25, 0.3) is 0 Å². The molecular weight excluding hydrogens is 300 g/mol. The average Bonchev–Trinajstić information content (AvgIpc) is 3.06. The summed E-state index contributed by atoms with van der Waals surface area (Å²) in [6.45, 7) is 0. The normalized spacial score (nSPS) is 10.9. The molecule has 1 heterocycles. The minimum atomic E-state index is 0.122. The number of imidazole rings is 1. The Morgan fingerprint density at radius 3 is 2.54 bits per heavy atom. The van der Waals surface area contributed by atoms with Gasteiger partial charge in [-0.05, 0) is 35.4 Å². The summed E-state index contributed by atoms with van der Waals surface area (Å²) in [7, 11) is 1.54. The summed E-state index contributed by atoms with van der Waals surface area (Å²) in [6.07, 6.45) is 1.78. The molecule has 0 bridgehead atoms. The third-order valence-corrected chi connectivity index (χ3v) is 4.10. The summed E-state index contributed by atoms with van der Waals surface area (Å²) < 4.78 is 7.17. The molecule has 0 amide bonds. The molecule has 118 valence electrons. The van der Waals surface area contributed by atoms with E-state index < -0.39 is 0 Å². The van der Waals surface area contributed by atoms with Crippen molar-refractivity contribution in [1.82, 2.24) is 9.55 Å². The minimum absolute atomic E-state index is 0.122. The Morgan fingerprint density at radius 2 is 1.75 bits per heavy atom. The number of aromatic hydroxyl groups is 1. The minimum Gasteiger partial charge on any atom is -0.504 e. The van der Waals surface area contributed by atoms with Gasteiger partial charge < -0.3 is 9.84 Å². The second kappa shape index (κ2) is 5.74. The SMILES string of the molecule is COc1cc(-n2cnc3cc(-c4ccccc4)ccc32)ccc1O. The van der Waals surface area contributed by atoms with E-state index in [1.807, 2.05) is 28.8 Å². The number of rotatable bonds is 3. The lowest BCUT2D eigenvalue weighted by Gasteiger charge is -2.08. The van der Waals surface area contributed by atoms with E-state index in [0.29, 0.717) is 5.75 Å². The van der Waals surface area contributed by atoms with Gasteiger partial charge in [-0.3, -0.25) is 4.57 Å². The highest BCUT2D eigenvalue weighted by Crippen LogP contribution is 2.30. The Hall–Kier alpha value is -3.27. The van der Waals surface area contributed by atoms with Crippen LogP contribution in [0.5, 0.6) is 11.5 Å². The van der Waals surface area contributed by atoms with Gasteiger partial charge in [0.05, 0.1) is 23.8 Å². The van der Waals surface area contributed by atoms with E-state index in [1.54, 1.807) is 18.5 Å². The van der Waals surface area contributed by atoms with Crippen molar-refractivity contribution in [2.24, 2.45) is 0 Å². The van der Waals surface area contributed by atoms with Gasteiger partial charge in [-0.1, -0.05) is 36.4 Å². The van der Waals surface area contributed by atoms with Gasteiger partial charge >= 0.3 is 0 Å². The topological polar surface area (TPSA) is 47.3 Å². The van der Waals surface area contributed by atoms with E-state index >= 15 is 0 Å². The molecule has 0 atom stereocenters. The van der Waals surface area contributed by atoms with Gasteiger partial charge in [0, 0.05) is 6.07 Å². The highest BCUT2D eigenvalue weighted by molar-refractivity contribution is 5.83. The van der Waals surface area contributed by atoms with E-state index in [1.165, 1.54) is 12.7 Å². The van der Waals surface area contributed by atoms with E-state index in [2.05, 4.69) is 35.3 Å². The first kappa shape index (κ1) is 14.3. The lowest BCUT2D eigenvalue weighted by atomic mass is 10.1. The van der Waals surface area contributed by atoms with Crippen LogP contribution in [0.25, 0.3) is 27.8 Å². The molecule has 0 spiro atoms. The van der Waals surface area contributed by atoms with Gasteiger partial charge in [0.15, 0.2) is 11.5 Å². The summed E-state index contributed by atoms with van der Waals surface area (Å²) in [5.74, 6) is 0.562. The molecule has 4 nitrogen and oxygen atoms in total. The van der Waals surface area contributed by atoms with Crippen LogP contribution in [-0.4, -0.2) is 21.8 Å². The van der Waals surface area contributed by atoms with Gasteiger partial charge in [-0.15, -0.1) is 0 Å². The zero-order chi connectivity index (χ0) is 16.5. The van der Waals surface area contributed by atoms with Crippen molar-refractivity contribution >= 4 is 11.0 Å². The second-order valence-electron chi connectivity index (χ2n) is 5.54. The Kier molecular flexibility index (Phi) is 3.43. The van der Waals surface area contributed by atoms with Crippen LogP contribution in [0, 0.1) is 0 Å². The first-order valence-corrected chi connectivity index (χ1v) is 7.66. The lowest BCUT2D eigenvalue weighted by molar-refractivity contribution is 0.373. The van der Waals surface area contributed by atoms with E-state index in [0.717, 1.165) is 22.3 Å². The fraction of sp³-hybridized carbons (Fsp3) is 0.0500. The maximum atomic E-state index is 9.76. The smallest absolute Gasteiger partial charge is 0.162 e. The Labute approximate surface area is 139 Å². The molecule has 24 heavy (non-hydrogen) atoms. The van der Waals surface area contributed by atoms with Crippen LogP contribution in [0.4, 0.5) is 0 Å². The van der Waals surface area contributed by atoms with E-state index in [9.17, 15) is 5.11 Å². The number of hydrogen-bond acceptors (Lipinski definition) is 3. The third-order valence-electron chi connectivity index (χ3n) is 4.10. The molecule has 4 aromatic rings. The molecule has 0 aliphatic rings. The molecule has 3 aromatic carbocycles. The largest absolute Gasteiger partial charge is 0.504 e. The second-order valence-corrected chi connectivity index (χ2v) is 5.54. The van der Waals surface area contributed by atoms with Crippen molar-refractivity contribution in [2.45, 2.75) is 0 Å². The summed E-state index contributed by atoms with van der Waals surface area (Å²) >= 11 is 0. The highest BCUT2D eigenvalue weighted by Gasteiger charge is 2.09. The molecule has 0 aliphatic carbocycles. The summed E-state index contributed by atoms with van der Waals surface area (Å²) in [5, 5.41) is 9.76. The van der Waals surface area contributed by atoms with Crippen molar-refractivity contribution in [3.63, 3.8) is 0 Å². The van der Waals surface area contributed by atoms with Crippen LogP contribution < -0.4 is 4.74 Å². The molecule has 0 aliphatic heterocycles. The lowest BCUT2D eigenvalue weighted by Crippen LogP contribution is -1.93. The van der Waals surface area contributed by atoms with Crippen LogP contribution in [0.2, 0.25) is 0 Å². The Morgan fingerprint density at radius 1 is 0.917 bits per heavy atom. The maximum absolute atomic E-state index is 9.76. The van der Waals surface area contributed by atoms with Gasteiger partial charge in [-0.25, -0.2) is 4.98 Å². The number of hydrogen-bond donors (Lipinski definition) is 1. The van der Waals surface area contributed by atoms with Crippen LogP contribution >= 0.6 is 0 Å². The fourth-order valence-corrected chi connectivity index (χ4v) is 2.84. The molecule has 0 unspecified atom stereocenters. The van der Waals surface area contributed by atoms with Gasteiger partial charge in [0.2, 0.25) is 0 Å². The molecule has 0 saturated carbocycles. The number of ether oxygens (including phenoxy) is 1. The molecule has 0 saturated heterocycles. The van der Waals surface area contributed by atoms with E-state index in [-0.39, 0.29) is 5.75 Å². The predicted molar refractivity (Wildman–Crippen MR) is 94.7 cm³/mol. The quantitative estimate of drug-likeness (QED) is 0.609. The summed E-state index contributed by atoms with van der Waals surface area (Å²) in [4.78, 5) is 4.52. The summed E-state index contributed by atoms with van der Waals surface area (Å²) in [6, 6.07) is 21.7. The van der Waals surface area contributed by atoms with Gasteiger partial charge in [-0.2, -0.15) is 0 Å². The van der Waals surface area contributed by atoms with Crippen LogP contribution in [0.1, 0.15) is 0 Å².